The highest BCUT2D eigenvalue weighted by molar-refractivity contribution is 8.01. The molecule has 9 heteroatoms. The molecule has 1 N–H and O–H groups in total. The Hall–Kier alpha value is -1.74. The van der Waals surface area contributed by atoms with Gasteiger partial charge < -0.3 is 5.32 Å². The van der Waals surface area contributed by atoms with Crippen molar-refractivity contribution >= 4 is 34.4 Å². The van der Waals surface area contributed by atoms with Crippen molar-refractivity contribution in [3.63, 3.8) is 0 Å². The summed E-state index contributed by atoms with van der Waals surface area (Å²) in [4.78, 5) is 0. The first kappa shape index (κ1) is 14.8. The van der Waals surface area contributed by atoms with Gasteiger partial charge in [0.25, 0.3) is 0 Å². The fourth-order valence-electron chi connectivity index (χ4n) is 2.35. The number of nitrogens with zero attached hydrogens (tertiary/aromatic N) is 6. The van der Waals surface area contributed by atoms with Crippen LogP contribution in [0.4, 0.5) is 5.69 Å². The van der Waals surface area contributed by atoms with Crippen LogP contribution < -0.4 is 5.32 Å². The van der Waals surface area contributed by atoms with E-state index in [1.807, 2.05) is 6.92 Å². The largest absolute Gasteiger partial charge is 0.382 e. The van der Waals surface area contributed by atoms with Gasteiger partial charge >= 0.3 is 0 Å². The Kier molecular flexibility index (Phi) is 4.13. The first-order valence-electron chi connectivity index (χ1n) is 7.67. The van der Waals surface area contributed by atoms with Crippen molar-refractivity contribution in [3.05, 3.63) is 23.1 Å². The minimum atomic E-state index is 0.610. The van der Waals surface area contributed by atoms with Crippen molar-refractivity contribution in [3.8, 4) is 0 Å². The summed E-state index contributed by atoms with van der Waals surface area (Å²) in [6, 6.07) is 2.13. The Morgan fingerprint density at radius 3 is 3.04 bits per heavy atom. The lowest BCUT2D eigenvalue weighted by atomic mass is 10.2. The molecule has 23 heavy (non-hydrogen) atoms. The molecule has 0 unspecified atom stereocenters. The molecule has 0 aliphatic heterocycles. The number of aromatic nitrogens is 6. The summed E-state index contributed by atoms with van der Waals surface area (Å²) in [5.41, 5.74) is 2.96. The maximum absolute atomic E-state index is 4.58. The molecule has 7 nitrogen and oxygen atoms in total. The monoisotopic (exact) mass is 347 g/mol. The van der Waals surface area contributed by atoms with Crippen molar-refractivity contribution in [1.29, 1.82) is 0 Å². The first-order valence-corrected chi connectivity index (χ1v) is 9.47. The standard InChI is InChI=1S/C14H17N7S2/c1-9-17-19-14(23-9)22-6-2-5-15-12-7-11(10-3-4-10)20-21-8-16-18-13(12)21/h7-8,10,15H,2-6H2,1H3. The van der Waals surface area contributed by atoms with Gasteiger partial charge in [0.15, 0.2) is 4.34 Å². The lowest BCUT2D eigenvalue weighted by Gasteiger charge is -2.08. The quantitative estimate of drug-likeness (QED) is 0.520. The number of anilines is 1. The minimum Gasteiger partial charge on any atom is -0.382 e. The van der Waals surface area contributed by atoms with E-state index < -0.39 is 0 Å². The molecule has 0 amide bonds. The molecular weight excluding hydrogens is 330 g/mol. The van der Waals surface area contributed by atoms with E-state index in [0.717, 1.165) is 45.1 Å². The summed E-state index contributed by atoms with van der Waals surface area (Å²) >= 11 is 3.41. The molecule has 1 fully saturated rings. The third-order valence-corrected chi connectivity index (χ3v) is 5.71. The summed E-state index contributed by atoms with van der Waals surface area (Å²) in [6.45, 7) is 2.87. The number of hydrogen-bond acceptors (Lipinski definition) is 8. The van der Waals surface area contributed by atoms with Crippen LogP contribution >= 0.6 is 23.1 Å². The second-order valence-corrected chi connectivity index (χ2v) is 8.10. The Balaban J connectivity index is 1.35. The Morgan fingerprint density at radius 1 is 1.35 bits per heavy atom. The van der Waals surface area contributed by atoms with Gasteiger partial charge in [0.1, 0.15) is 11.3 Å². The molecule has 1 aliphatic rings. The lowest BCUT2D eigenvalue weighted by molar-refractivity contribution is 0.849. The molecule has 120 valence electrons. The highest BCUT2D eigenvalue weighted by Crippen LogP contribution is 2.39. The molecule has 0 atom stereocenters. The molecule has 3 heterocycles. The Bertz CT molecular complexity index is 808. The van der Waals surface area contributed by atoms with Crippen molar-refractivity contribution in [2.24, 2.45) is 0 Å². The van der Waals surface area contributed by atoms with E-state index in [0.29, 0.717) is 5.92 Å². The molecular formula is C14H17N7S2. The highest BCUT2D eigenvalue weighted by atomic mass is 32.2. The van der Waals surface area contributed by atoms with Crippen LogP contribution in [0.3, 0.4) is 0 Å². The van der Waals surface area contributed by atoms with E-state index in [4.69, 9.17) is 0 Å². The number of nitrogens with one attached hydrogen (secondary N) is 1. The van der Waals surface area contributed by atoms with E-state index >= 15 is 0 Å². The number of rotatable bonds is 7. The zero-order valence-electron chi connectivity index (χ0n) is 12.8. The fraction of sp³-hybridized carbons (Fsp3) is 0.500. The van der Waals surface area contributed by atoms with E-state index in [-0.39, 0.29) is 0 Å². The van der Waals surface area contributed by atoms with E-state index in [1.165, 1.54) is 12.8 Å². The average Bonchev–Trinajstić information content (AvgIpc) is 3.15. The number of thioether (sulfide) groups is 1. The molecule has 1 saturated carbocycles. The van der Waals surface area contributed by atoms with Gasteiger partial charge in [-0.05, 0) is 32.3 Å². The van der Waals surface area contributed by atoms with Crippen LogP contribution in [-0.4, -0.2) is 42.3 Å². The molecule has 1 aliphatic carbocycles. The van der Waals surface area contributed by atoms with Gasteiger partial charge in [0.2, 0.25) is 5.65 Å². The van der Waals surface area contributed by atoms with Crippen LogP contribution in [0.2, 0.25) is 0 Å². The first-order chi connectivity index (χ1) is 11.3. The van der Waals surface area contributed by atoms with Crippen LogP contribution in [0, 0.1) is 6.92 Å². The normalized spacial score (nSPS) is 14.5. The van der Waals surface area contributed by atoms with Crippen molar-refractivity contribution in [2.75, 3.05) is 17.6 Å². The fourth-order valence-corrected chi connectivity index (χ4v) is 4.17. The summed E-state index contributed by atoms with van der Waals surface area (Å²) in [6.07, 6.45) is 5.18. The zero-order chi connectivity index (χ0) is 15.6. The molecule has 3 aromatic heterocycles. The van der Waals surface area contributed by atoms with Crippen molar-refractivity contribution in [1.82, 2.24) is 30.0 Å². The lowest BCUT2D eigenvalue weighted by Crippen LogP contribution is -2.07. The third-order valence-electron chi connectivity index (χ3n) is 3.65. The van der Waals surface area contributed by atoms with Crippen molar-refractivity contribution < 1.29 is 0 Å². The van der Waals surface area contributed by atoms with Crippen LogP contribution in [0.25, 0.3) is 5.65 Å². The molecule has 0 saturated heterocycles. The van der Waals surface area contributed by atoms with E-state index in [2.05, 4.69) is 36.9 Å². The predicted molar refractivity (Wildman–Crippen MR) is 91.2 cm³/mol. The summed E-state index contributed by atoms with van der Waals surface area (Å²) in [7, 11) is 0. The SMILES string of the molecule is Cc1nnc(SCCCNc2cc(C3CC3)nn3cnnc23)s1. The average molecular weight is 347 g/mol. The smallest absolute Gasteiger partial charge is 0.200 e. The van der Waals surface area contributed by atoms with Gasteiger partial charge in [-0.3, -0.25) is 0 Å². The summed E-state index contributed by atoms with van der Waals surface area (Å²) < 4.78 is 2.82. The number of hydrogen-bond donors (Lipinski definition) is 1. The number of aryl methyl sites for hydroxylation is 1. The maximum Gasteiger partial charge on any atom is 0.200 e. The predicted octanol–water partition coefficient (Wildman–Crippen LogP) is 2.76. The van der Waals surface area contributed by atoms with Crippen LogP contribution in [0.15, 0.2) is 16.7 Å². The summed E-state index contributed by atoms with van der Waals surface area (Å²) in [5.74, 6) is 1.63. The van der Waals surface area contributed by atoms with Crippen molar-refractivity contribution in [2.45, 2.75) is 36.4 Å². The van der Waals surface area contributed by atoms with Crippen LogP contribution in [0.1, 0.15) is 35.9 Å². The van der Waals surface area contributed by atoms with Crippen LogP contribution in [-0.2, 0) is 0 Å². The third kappa shape index (κ3) is 3.45. The van der Waals surface area contributed by atoms with Gasteiger partial charge in [0.05, 0.1) is 11.4 Å². The Morgan fingerprint density at radius 2 is 2.26 bits per heavy atom. The molecule has 3 aromatic rings. The molecule has 0 bridgehead atoms. The van der Waals surface area contributed by atoms with E-state index in [1.54, 1.807) is 33.9 Å². The molecule has 0 spiro atoms. The van der Waals surface area contributed by atoms with Gasteiger partial charge in [-0.25, -0.2) is 0 Å². The molecule has 4 rings (SSSR count). The zero-order valence-corrected chi connectivity index (χ0v) is 14.4. The molecule has 0 aromatic carbocycles. The topological polar surface area (TPSA) is 80.9 Å². The maximum atomic E-state index is 4.58. The van der Waals surface area contributed by atoms with Gasteiger partial charge in [-0.2, -0.15) is 9.61 Å². The van der Waals surface area contributed by atoms with Gasteiger partial charge in [-0.15, -0.1) is 20.4 Å². The minimum absolute atomic E-state index is 0.610. The highest BCUT2D eigenvalue weighted by Gasteiger charge is 2.26. The van der Waals surface area contributed by atoms with Crippen LogP contribution in [0.5, 0.6) is 0 Å². The second-order valence-electron chi connectivity index (χ2n) is 5.57. The van der Waals surface area contributed by atoms with E-state index in [9.17, 15) is 0 Å². The molecule has 0 radical (unpaired) electrons. The summed E-state index contributed by atoms with van der Waals surface area (Å²) in [5, 5.41) is 25.3. The van der Waals surface area contributed by atoms with Gasteiger partial charge in [-0.1, -0.05) is 23.1 Å². The number of fused-ring (bicyclic) bond motifs is 1. The Labute approximate surface area is 141 Å². The second kappa shape index (κ2) is 6.40. The van der Waals surface area contributed by atoms with Gasteiger partial charge in [0, 0.05) is 18.2 Å².